The molecule has 81 valence electrons. The second-order valence-electron chi connectivity index (χ2n) is 2.64. The fraction of sp³-hybridized carbons (Fsp3) is 0.500. The number of allylic oxidation sites excluding steroid dienone is 4. The standard InChI is InChI=1S/C6H13.C5H5.CO.Mn/c1-3-5-6-4-2;1-2-4-5-3-1;1-2;/h1,3-6H2,2H3;1-3H,4H2;;/q2*-1;;. The minimum Gasteiger partial charge on any atom is -0.343 e. The van der Waals surface area contributed by atoms with Crippen molar-refractivity contribution in [3.63, 3.8) is 0 Å². The van der Waals surface area contributed by atoms with Crippen LogP contribution >= 0.6 is 0 Å². The molecular weight excluding hydrogens is 215 g/mol. The Balaban J connectivity index is 0. The van der Waals surface area contributed by atoms with E-state index in [1.807, 2.05) is 12.2 Å². The van der Waals surface area contributed by atoms with Crippen molar-refractivity contribution < 1.29 is 20.4 Å². The van der Waals surface area contributed by atoms with Gasteiger partial charge in [-0.25, -0.2) is 12.2 Å². The van der Waals surface area contributed by atoms with Gasteiger partial charge in [-0.05, 0) is 0 Å². The maximum atomic E-state index is 8.60. The van der Waals surface area contributed by atoms with Crippen molar-refractivity contribution in [2.75, 3.05) is 0 Å². The van der Waals surface area contributed by atoms with E-state index in [-0.39, 0.29) is 0 Å². The summed E-state index contributed by atoms with van der Waals surface area (Å²) in [6.45, 7) is 5.93. The van der Waals surface area contributed by atoms with Crippen molar-refractivity contribution in [1.29, 1.82) is 0 Å². The van der Waals surface area contributed by atoms with Gasteiger partial charge in [-0.2, -0.15) is 12.5 Å². The molecule has 0 spiro atoms. The average molecular weight is 233 g/mol. The molecule has 1 rings (SSSR count). The molecule has 2 heteroatoms. The van der Waals surface area contributed by atoms with Gasteiger partial charge in [0.2, 0.25) is 0 Å². The van der Waals surface area contributed by atoms with Crippen molar-refractivity contribution in [2.24, 2.45) is 0 Å². The van der Waals surface area contributed by atoms with Gasteiger partial charge in [-0.3, -0.25) is 6.08 Å². The summed E-state index contributed by atoms with van der Waals surface area (Å²) < 4.78 is 0. The molecule has 1 aliphatic rings. The molecule has 1 aliphatic carbocycles. The largest absolute Gasteiger partial charge is 0.343 e. The zero-order chi connectivity index (χ0) is 11.1. The number of unbranched alkanes of at least 4 members (excludes halogenated alkanes) is 3. The summed E-state index contributed by atoms with van der Waals surface area (Å²) in [4.78, 5) is 9.91. The van der Waals surface area contributed by atoms with Crippen LogP contribution in [-0.2, 0) is 20.4 Å². The predicted molar refractivity (Wildman–Crippen MR) is 56.8 cm³/mol. The van der Waals surface area contributed by atoms with E-state index < -0.39 is 0 Å². The van der Waals surface area contributed by atoms with Gasteiger partial charge in [-0.15, -0.1) is 6.42 Å². The zero-order valence-electron chi connectivity index (χ0n) is 8.76. The van der Waals surface area contributed by atoms with E-state index in [2.05, 4.69) is 41.6 Å². The number of carbonyl (C=O) groups excluding carboxylic acids is 1. The molecule has 0 amide bonds. The average Bonchev–Trinajstić information content (AvgIpc) is 2.74. The molecular formula is C12H18MnO-2. The van der Waals surface area contributed by atoms with E-state index in [9.17, 15) is 0 Å². The first-order chi connectivity index (χ1) is 6.83. The Kier molecular flexibility index (Phi) is 21.0. The molecule has 0 fully saturated rings. The Labute approximate surface area is 95.6 Å². The first-order valence-corrected chi connectivity index (χ1v) is 5.41. The van der Waals surface area contributed by atoms with Crippen LogP contribution in [0.4, 0.5) is 0 Å². The fourth-order valence-corrected chi connectivity index (χ4v) is 0.767. The zero-order valence-corrected chi connectivity index (χ0v) is 9.94. The maximum absolute atomic E-state index is 8.60. The first kappa shape index (κ1) is 16.0. The second-order valence-corrected chi connectivity index (χ2v) is 2.88. The van der Waals surface area contributed by atoms with E-state index in [1.54, 1.807) is 0 Å². The third kappa shape index (κ3) is 22.6. The summed E-state index contributed by atoms with van der Waals surface area (Å²) in [5, 5.41) is 0. The van der Waals surface area contributed by atoms with Gasteiger partial charge in [0, 0.05) is 0 Å². The van der Waals surface area contributed by atoms with E-state index in [0.29, 0.717) is 0 Å². The summed E-state index contributed by atoms with van der Waals surface area (Å²) in [6, 6.07) is 0. The Bertz CT molecular complexity index is 163. The summed E-state index contributed by atoms with van der Waals surface area (Å²) in [6.07, 6.45) is 15.1. The first-order valence-electron chi connectivity index (χ1n) is 4.82. The summed E-state index contributed by atoms with van der Waals surface area (Å²) in [7, 11) is 0. The Morgan fingerprint density at radius 3 is 2.36 bits per heavy atom. The molecule has 0 atom stereocenters. The van der Waals surface area contributed by atoms with Gasteiger partial charge in [-0.1, -0.05) is 26.2 Å². The van der Waals surface area contributed by atoms with Crippen LogP contribution in [0.3, 0.4) is 0 Å². The monoisotopic (exact) mass is 233 g/mol. The Morgan fingerprint density at radius 2 is 2.21 bits per heavy atom. The molecule has 0 N–H and O–H groups in total. The molecule has 0 aromatic heterocycles. The predicted octanol–water partition coefficient (Wildman–Crippen LogP) is 3.31. The summed E-state index contributed by atoms with van der Waals surface area (Å²) in [5.74, 6) is 0. The van der Waals surface area contributed by atoms with E-state index in [1.165, 1.54) is 24.0 Å². The normalized spacial score (nSPS) is 10.7. The molecule has 0 radical (unpaired) electrons. The minimum absolute atomic E-state index is 1.01. The van der Waals surface area contributed by atoms with E-state index in [4.69, 9.17) is 4.79 Å². The van der Waals surface area contributed by atoms with E-state index >= 15 is 0 Å². The minimum atomic E-state index is 1.01. The summed E-state index contributed by atoms with van der Waals surface area (Å²) in [5.41, 5.74) is 0. The van der Waals surface area contributed by atoms with Crippen molar-refractivity contribution in [3.8, 4) is 0 Å². The van der Waals surface area contributed by atoms with Crippen molar-refractivity contribution in [1.82, 2.24) is 0 Å². The molecule has 0 saturated heterocycles. The molecule has 0 aromatic rings. The second kappa shape index (κ2) is 18.4. The number of hydrogen-bond acceptors (Lipinski definition) is 1. The van der Waals surface area contributed by atoms with Crippen molar-refractivity contribution in [2.45, 2.75) is 39.0 Å². The Morgan fingerprint density at radius 1 is 1.57 bits per heavy atom. The van der Waals surface area contributed by atoms with Crippen LogP contribution < -0.4 is 0 Å². The van der Waals surface area contributed by atoms with Crippen LogP contribution in [0.1, 0.15) is 39.0 Å². The molecule has 0 heterocycles. The summed E-state index contributed by atoms with van der Waals surface area (Å²) >= 11 is 2.34. The molecule has 0 unspecified atom stereocenters. The number of rotatable bonds is 3. The van der Waals surface area contributed by atoms with Gasteiger partial charge in [0.05, 0.1) is 0 Å². The quantitative estimate of drug-likeness (QED) is 0.415. The van der Waals surface area contributed by atoms with Crippen LogP contribution in [0.25, 0.3) is 0 Å². The third-order valence-corrected chi connectivity index (χ3v) is 1.44. The molecule has 0 aliphatic heterocycles. The molecule has 0 bridgehead atoms. The van der Waals surface area contributed by atoms with Gasteiger partial charge in [0.25, 0.3) is 0 Å². The van der Waals surface area contributed by atoms with Crippen LogP contribution in [-0.4, -0.2) is 4.79 Å². The van der Waals surface area contributed by atoms with Gasteiger partial charge >= 0.3 is 25.2 Å². The van der Waals surface area contributed by atoms with Gasteiger partial charge in [0.15, 0.2) is 0 Å². The van der Waals surface area contributed by atoms with Crippen LogP contribution in [0.15, 0.2) is 18.2 Å². The topological polar surface area (TPSA) is 17.1 Å². The molecule has 0 saturated carbocycles. The van der Waals surface area contributed by atoms with Crippen molar-refractivity contribution >= 4 is 4.79 Å². The fourth-order valence-electron chi connectivity index (χ4n) is 0.767. The SMILES string of the molecule is O=[C]=[Mn].[C-]1=CC=CC1.[CH2-]CCCCC. The van der Waals surface area contributed by atoms with Crippen LogP contribution in [0.5, 0.6) is 0 Å². The molecule has 14 heavy (non-hydrogen) atoms. The van der Waals surface area contributed by atoms with Crippen molar-refractivity contribution in [3.05, 3.63) is 31.2 Å². The van der Waals surface area contributed by atoms with Gasteiger partial charge in [0.1, 0.15) is 0 Å². The Hall–Kier alpha value is -0.421. The maximum Gasteiger partial charge on any atom is -0.0560 e. The molecule has 1 nitrogen and oxygen atoms in total. The third-order valence-electron chi connectivity index (χ3n) is 1.44. The van der Waals surface area contributed by atoms with Crippen LogP contribution in [0.2, 0.25) is 0 Å². The molecule has 0 aromatic carbocycles. The van der Waals surface area contributed by atoms with Gasteiger partial charge < -0.3 is 6.92 Å². The van der Waals surface area contributed by atoms with Crippen LogP contribution in [0, 0.1) is 13.0 Å². The smallest absolute Gasteiger partial charge is 0.0560 e. The van der Waals surface area contributed by atoms with E-state index in [0.717, 1.165) is 12.8 Å². The number of hydrogen-bond donors (Lipinski definition) is 0.